The molecule has 1 aliphatic carbocycles. The molecular weight excluding hydrogens is 180 g/mol. The number of hydrogen-bond acceptors (Lipinski definition) is 3. The van der Waals surface area contributed by atoms with Crippen molar-refractivity contribution in [3.63, 3.8) is 0 Å². The molecule has 1 spiro atoms. The van der Waals surface area contributed by atoms with Gasteiger partial charge in [0.1, 0.15) is 5.78 Å². The molecule has 1 heterocycles. The highest BCUT2D eigenvalue weighted by Crippen LogP contribution is 2.38. The van der Waals surface area contributed by atoms with Crippen molar-refractivity contribution in [1.82, 2.24) is 0 Å². The van der Waals surface area contributed by atoms with Crippen LogP contribution in [0.3, 0.4) is 0 Å². The van der Waals surface area contributed by atoms with E-state index in [0.29, 0.717) is 38.9 Å². The molecule has 0 N–H and O–H groups in total. The zero-order valence-electron chi connectivity index (χ0n) is 8.12. The molecule has 0 radical (unpaired) electrons. The Morgan fingerprint density at radius 3 is 2.86 bits per heavy atom. The van der Waals surface area contributed by atoms with Crippen molar-refractivity contribution in [2.24, 2.45) is 5.92 Å². The van der Waals surface area contributed by atoms with E-state index in [1.807, 2.05) is 0 Å². The van der Waals surface area contributed by atoms with Crippen LogP contribution in [-0.2, 0) is 14.3 Å². The maximum Gasteiger partial charge on any atom is 0.169 e. The summed E-state index contributed by atoms with van der Waals surface area (Å²) in [6, 6.07) is 0. The third kappa shape index (κ3) is 1.68. The maximum atomic E-state index is 11.5. The van der Waals surface area contributed by atoms with E-state index in [-0.39, 0.29) is 11.7 Å². The molecule has 2 fully saturated rings. The zero-order valence-corrected chi connectivity index (χ0v) is 8.12. The van der Waals surface area contributed by atoms with E-state index >= 15 is 0 Å². The lowest BCUT2D eigenvalue weighted by atomic mass is 9.82. The number of rotatable bonds is 1. The Bertz CT molecular complexity index is 271. The molecule has 3 heteroatoms. The Morgan fingerprint density at radius 1 is 1.50 bits per heavy atom. The molecule has 3 nitrogen and oxygen atoms in total. The van der Waals surface area contributed by atoms with Crippen LogP contribution in [0.5, 0.6) is 0 Å². The predicted molar refractivity (Wildman–Crippen MR) is 50.4 cm³/mol. The first-order chi connectivity index (χ1) is 6.76. The van der Waals surface area contributed by atoms with Gasteiger partial charge in [-0.25, -0.2) is 0 Å². The first kappa shape index (κ1) is 9.70. The molecule has 1 saturated carbocycles. The molecule has 2 rings (SSSR count). The van der Waals surface area contributed by atoms with Crippen molar-refractivity contribution in [3.8, 4) is 12.3 Å². The Morgan fingerprint density at radius 2 is 2.21 bits per heavy atom. The smallest absolute Gasteiger partial charge is 0.169 e. The summed E-state index contributed by atoms with van der Waals surface area (Å²) in [6.07, 6.45) is 7.59. The minimum absolute atomic E-state index is 0.0631. The first-order valence-electron chi connectivity index (χ1n) is 5.00. The van der Waals surface area contributed by atoms with Crippen molar-refractivity contribution >= 4 is 5.78 Å². The highest BCUT2D eigenvalue weighted by atomic mass is 16.7. The zero-order chi connectivity index (χ0) is 10.0. The summed E-state index contributed by atoms with van der Waals surface area (Å²) >= 11 is 0. The topological polar surface area (TPSA) is 35.5 Å². The maximum absolute atomic E-state index is 11.5. The van der Waals surface area contributed by atoms with Crippen molar-refractivity contribution in [1.29, 1.82) is 0 Å². The fourth-order valence-electron chi connectivity index (χ4n) is 2.20. The third-order valence-corrected chi connectivity index (χ3v) is 2.94. The summed E-state index contributed by atoms with van der Waals surface area (Å²) < 4.78 is 11.1. The van der Waals surface area contributed by atoms with Gasteiger partial charge in [-0.15, -0.1) is 12.3 Å². The lowest BCUT2D eigenvalue weighted by molar-refractivity contribution is -0.188. The standard InChI is InChI=1S/C11H14O3/c1-2-3-9-8-11(5-4-10(9)12)13-6-7-14-11/h1,9H,3-8H2. The van der Waals surface area contributed by atoms with Crippen LogP contribution in [0.2, 0.25) is 0 Å². The van der Waals surface area contributed by atoms with Crippen LogP contribution in [0.4, 0.5) is 0 Å². The van der Waals surface area contributed by atoms with E-state index in [1.165, 1.54) is 0 Å². The van der Waals surface area contributed by atoms with Crippen LogP contribution in [0.1, 0.15) is 25.7 Å². The second-order valence-corrected chi connectivity index (χ2v) is 3.88. The lowest BCUT2D eigenvalue weighted by Gasteiger charge is -2.34. The molecule has 0 aromatic heterocycles. The van der Waals surface area contributed by atoms with Gasteiger partial charge >= 0.3 is 0 Å². The highest BCUT2D eigenvalue weighted by Gasteiger charge is 2.44. The number of ketones is 1. The van der Waals surface area contributed by atoms with Crippen LogP contribution >= 0.6 is 0 Å². The molecule has 1 saturated heterocycles. The number of Topliss-reactive ketones (excluding diaryl/α,β-unsaturated/α-hetero) is 1. The van der Waals surface area contributed by atoms with Crippen molar-refractivity contribution in [3.05, 3.63) is 0 Å². The van der Waals surface area contributed by atoms with E-state index in [4.69, 9.17) is 15.9 Å². The molecule has 0 aromatic rings. The number of ether oxygens (including phenoxy) is 2. The Hall–Kier alpha value is -0.850. The van der Waals surface area contributed by atoms with Gasteiger partial charge in [-0.3, -0.25) is 4.79 Å². The van der Waals surface area contributed by atoms with Gasteiger partial charge in [0.2, 0.25) is 0 Å². The van der Waals surface area contributed by atoms with Crippen molar-refractivity contribution in [2.75, 3.05) is 13.2 Å². The van der Waals surface area contributed by atoms with Gasteiger partial charge in [-0.2, -0.15) is 0 Å². The first-order valence-corrected chi connectivity index (χ1v) is 5.00. The minimum Gasteiger partial charge on any atom is -0.347 e. The fraction of sp³-hybridized carbons (Fsp3) is 0.727. The molecule has 14 heavy (non-hydrogen) atoms. The molecule has 0 bridgehead atoms. The second-order valence-electron chi connectivity index (χ2n) is 3.88. The van der Waals surface area contributed by atoms with Crippen LogP contribution < -0.4 is 0 Å². The summed E-state index contributed by atoms with van der Waals surface area (Å²) in [7, 11) is 0. The number of carbonyl (C=O) groups is 1. The number of hydrogen-bond donors (Lipinski definition) is 0. The summed E-state index contributed by atoms with van der Waals surface area (Å²) in [5.41, 5.74) is 0. The SMILES string of the molecule is C#CCC1CC2(CCC1=O)OCCO2. The largest absolute Gasteiger partial charge is 0.347 e. The van der Waals surface area contributed by atoms with E-state index in [0.717, 1.165) is 0 Å². The fourth-order valence-corrected chi connectivity index (χ4v) is 2.20. The molecular formula is C11H14O3. The normalized spacial score (nSPS) is 30.5. The predicted octanol–water partition coefficient (Wildman–Crippen LogP) is 1.12. The molecule has 0 aromatic carbocycles. The van der Waals surface area contributed by atoms with Crippen LogP contribution in [0.15, 0.2) is 0 Å². The second kappa shape index (κ2) is 3.72. The van der Waals surface area contributed by atoms with Crippen molar-refractivity contribution < 1.29 is 14.3 Å². The van der Waals surface area contributed by atoms with Crippen LogP contribution in [0.25, 0.3) is 0 Å². The summed E-state index contributed by atoms with van der Waals surface area (Å²) in [5.74, 6) is 2.25. The molecule has 1 atom stereocenters. The molecule has 1 aliphatic heterocycles. The number of terminal acetylenes is 1. The van der Waals surface area contributed by atoms with Crippen molar-refractivity contribution in [2.45, 2.75) is 31.5 Å². The summed E-state index contributed by atoms with van der Waals surface area (Å²) in [5, 5.41) is 0. The minimum atomic E-state index is -0.491. The van der Waals surface area contributed by atoms with Gasteiger partial charge in [-0.1, -0.05) is 0 Å². The lowest BCUT2D eigenvalue weighted by Crippen LogP contribution is -2.40. The Labute approximate surface area is 83.8 Å². The van der Waals surface area contributed by atoms with Gasteiger partial charge in [-0.05, 0) is 0 Å². The van der Waals surface area contributed by atoms with Gasteiger partial charge in [0.15, 0.2) is 5.79 Å². The highest BCUT2D eigenvalue weighted by molar-refractivity contribution is 5.82. The summed E-state index contributed by atoms with van der Waals surface area (Å²) in [4.78, 5) is 11.5. The Kier molecular flexibility index (Phi) is 2.58. The average molecular weight is 194 g/mol. The van der Waals surface area contributed by atoms with Gasteiger partial charge in [0.05, 0.1) is 13.2 Å². The Balaban J connectivity index is 2.05. The van der Waals surface area contributed by atoms with Gasteiger partial charge in [0, 0.05) is 31.6 Å². The van der Waals surface area contributed by atoms with Gasteiger partial charge in [0.25, 0.3) is 0 Å². The van der Waals surface area contributed by atoms with E-state index in [9.17, 15) is 4.79 Å². The molecule has 76 valence electrons. The number of carbonyl (C=O) groups excluding carboxylic acids is 1. The molecule has 1 unspecified atom stereocenters. The average Bonchev–Trinajstić information content (AvgIpc) is 2.61. The molecule has 2 aliphatic rings. The quantitative estimate of drug-likeness (QED) is 0.587. The summed E-state index contributed by atoms with van der Waals surface area (Å²) in [6.45, 7) is 1.27. The van der Waals surface area contributed by atoms with Crippen LogP contribution in [0, 0.1) is 18.3 Å². The van der Waals surface area contributed by atoms with E-state index in [1.54, 1.807) is 0 Å². The molecule has 0 amide bonds. The third-order valence-electron chi connectivity index (χ3n) is 2.94. The monoisotopic (exact) mass is 194 g/mol. The van der Waals surface area contributed by atoms with E-state index in [2.05, 4.69) is 5.92 Å². The van der Waals surface area contributed by atoms with E-state index < -0.39 is 5.79 Å². The van der Waals surface area contributed by atoms with Gasteiger partial charge < -0.3 is 9.47 Å². The van der Waals surface area contributed by atoms with Crippen LogP contribution in [-0.4, -0.2) is 24.8 Å².